The van der Waals surface area contributed by atoms with Crippen molar-refractivity contribution in [3.05, 3.63) is 59.1 Å². The number of hydrogen-bond acceptors (Lipinski definition) is 5. The maximum absolute atomic E-state index is 13.5. The van der Waals surface area contributed by atoms with Crippen molar-refractivity contribution >= 4 is 39.1 Å². The second-order valence-corrected chi connectivity index (χ2v) is 10.3. The first-order valence-corrected chi connectivity index (χ1v) is 13.2. The van der Waals surface area contributed by atoms with Gasteiger partial charge in [0.2, 0.25) is 21.8 Å². The molecule has 0 aromatic heterocycles. The highest BCUT2D eigenvalue weighted by atomic mass is 35.5. The maximum Gasteiger partial charge on any atom is 0.244 e. The molecule has 2 aromatic carbocycles. The minimum absolute atomic E-state index is 0.103. The van der Waals surface area contributed by atoms with Gasteiger partial charge in [-0.3, -0.25) is 13.9 Å². The van der Waals surface area contributed by atoms with Crippen LogP contribution in [0.4, 0.5) is 5.69 Å². The van der Waals surface area contributed by atoms with Gasteiger partial charge in [-0.05, 0) is 49.2 Å². The van der Waals surface area contributed by atoms with Gasteiger partial charge in [0.1, 0.15) is 18.3 Å². The van der Waals surface area contributed by atoms with Crippen molar-refractivity contribution in [2.24, 2.45) is 0 Å². The number of sulfonamides is 1. The van der Waals surface area contributed by atoms with Gasteiger partial charge in [-0.25, -0.2) is 8.42 Å². The minimum atomic E-state index is -3.80. The summed E-state index contributed by atoms with van der Waals surface area (Å²) in [6.45, 7) is 3.77. The maximum atomic E-state index is 13.5. The normalized spacial score (nSPS) is 12.0. The van der Waals surface area contributed by atoms with E-state index in [0.717, 1.165) is 29.0 Å². The van der Waals surface area contributed by atoms with E-state index >= 15 is 0 Å². The molecule has 34 heavy (non-hydrogen) atoms. The van der Waals surface area contributed by atoms with Crippen molar-refractivity contribution in [2.45, 2.75) is 39.3 Å². The molecule has 2 aromatic rings. The summed E-state index contributed by atoms with van der Waals surface area (Å²) in [6, 6.07) is 12.6. The lowest BCUT2D eigenvalue weighted by Gasteiger charge is -2.31. The first-order chi connectivity index (χ1) is 16.1. The number of nitrogens with zero attached hydrogens (tertiary/aromatic N) is 2. The average molecular weight is 510 g/mol. The predicted molar refractivity (Wildman–Crippen MR) is 135 cm³/mol. The Bertz CT molecular complexity index is 1090. The summed E-state index contributed by atoms with van der Waals surface area (Å²) in [5.74, 6) is -0.216. The molecule has 0 radical (unpaired) electrons. The van der Waals surface area contributed by atoms with E-state index in [4.69, 9.17) is 16.3 Å². The number of carbonyl (C=O) groups excluding carboxylic acids is 2. The van der Waals surface area contributed by atoms with E-state index in [2.05, 4.69) is 5.32 Å². The number of rotatable bonds is 12. The summed E-state index contributed by atoms with van der Waals surface area (Å²) in [4.78, 5) is 27.6. The summed E-state index contributed by atoms with van der Waals surface area (Å²) in [6.07, 6.45) is 2.76. The summed E-state index contributed by atoms with van der Waals surface area (Å²) in [5.41, 5.74) is 1.01. The Kier molecular flexibility index (Phi) is 10.2. The van der Waals surface area contributed by atoms with Crippen LogP contribution in [0.1, 0.15) is 32.3 Å². The van der Waals surface area contributed by atoms with Gasteiger partial charge in [0, 0.05) is 18.1 Å². The molecule has 0 bridgehead atoms. The van der Waals surface area contributed by atoms with Crippen molar-refractivity contribution in [3.63, 3.8) is 0 Å². The molecule has 0 saturated heterocycles. The highest BCUT2D eigenvalue weighted by molar-refractivity contribution is 7.92. The smallest absolute Gasteiger partial charge is 0.244 e. The van der Waals surface area contributed by atoms with Crippen LogP contribution in [-0.4, -0.2) is 57.6 Å². The third-order valence-electron chi connectivity index (χ3n) is 5.26. The van der Waals surface area contributed by atoms with Gasteiger partial charge in [0.25, 0.3) is 0 Å². The summed E-state index contributed by atoms with van der Waals surface area (Å²) in [5, 5.41) is 3.19. The predicted octanol–water partition coefficient (Wildman–Crippen LogP) is 3.45. The molecule has 186 valence electrons. The van der Waals surface area contributed by atoms with E-state index in [1.165, 1.54) is 11.0 Å². The summed E-state index contributed by atoms with van der Waals surface area (Å²) >= 11 is 6.04. The Morgan fingerprint density at radius 2 is 1.85 bits per heavy atom. The molecule has 1 atom stereocenters. The topological polar surface area (TPSA) is 96.0 Å². The zero-order valence-corrected chi connectivity index (χ0v) is 21.5. The number of carbonyl (C=O) groups is 2. The standard InChI is InChI=1S/C24H32ClN3O5S/c1-5-6-13-26-24(30)18(2)27(16-19-9-7-12-22(14-19)33-3)23(29)17-28(34(4,31)32)21-11-8-10-20(25)15-21/h7-12,14-15,18H,5-6,13,16-17H2,1-4H3,(H,26,30)/t18-/m1/s1. The van der Waals surface area contributed by atoms with Crippen molar-refractivity contribution in [1.82, 2.24) is 10.2 Å². The van der Waals surface area contributed by atoms with Crippen LogP contribution in [0.25, 0.3) is 0 Å². The van der Waals surface area contributed by atoms with E-state index in [0.29, 0.717) is 17.3 Å². The highest BCUT2D eigenvalue weighted by Gasteiger charge is 2.30. The molecule has 8 nitrogen and oxygen atoms in total. The van der Waals surface area contributed by atoms with E-state index in [-0.39, 0.29) is 18.1 Å². The molecule has 0 heterocycles. The van der Waals surface area contributed by atoms with Crippen LogP contribution in [0.5, 0.6) is 5.75 Å². The lowest BCUT2D eigenvalue weighted by Crippen LogP contribution is -2.51. The number of unbranched alkanes of at least 4 members (excludes halogenated alkanes) is 1. The van der Waals surface area contributed by atoms with Gasteiger partial charge in [-0.15, -0.1) is 0 Å². The van der Waals surface area contributed by atoms with E-state index in [9.17, 15) is 18.0 Å². The van der Waals surface area contributed by atoms with Crippen LogP contribution in [0.15, 0.2) is 48.5 Å². The fourth-order valence-electron chi connectivity index (χ4n) is 3.33. The fourth-order valence-corrected chi connectivity index (χ4v) is 4.36. The molecule has 0 aliphatic carbocycles. The van der Waals surface area contributed by atoms with Crippen LogP contribution in [-0.2, 0) is 26.2 Å². The number of hydrogen-bond donors (Lipinski definition) is 1. The van der Waals surface area contributed by atoms with Gasteiger partial charge in [0.15, 0.2) is 0 Å². The van der Waals surface area contributed by atoms with Gasteiger partial charge in [-0.2, -0.15) is 0 Å². The second kappa shape index (κ2) is 12.6. The first kappa shape index (κ1) is 27.5. The quantitative estimate of drug-likeness (QED) is 0.442. The molecule has 0 saturated carbocycles. The summed E-state index contributed by atoms with van der Waals surface area (Å²) < 4.78 is 31.3. The Hall–Kier alpha value is -2.78. The van der Waals surface area contributed by atoms with Crippen molar-refractivity contribution in [3.8, 4) is 5.75 Å². The molecule has 0 aliphatic heterocycles. The number of methoxy groups -OCH3 is 1. The van der Waals surface area contributed by atoms with Gasteiger partial charge in [0.05, 0.1) is 19.1 Å². The van der Waals surface area contributed by atoms with E-state index in [1.807, 2.05) is 13.0 Å². The molecule has 2 amide bonds. The van der Waals surface area contributed by atoms with Crippen molar-refractivity contribution < 1.29 is 22.7 Å². The molecule has 10 heteroatoms. The average Bonchev–Trinajstić information content (AvgIpc) is 2.79. The van der Waals surface area contributed by atoms with E-state index < -0.39 is 28.5 Å². The molecule has 0 unspecified atom stereocenters. The molecular formula is C24H32ClN3O5S. The number of amides is 2. The first-order valence-electron chi connectivity index (χ1n) is 11.0. The number of ether oxygens (including phenoxy) is 1. The monoisotopic (exact) mass is 509 g/mol. The largest absolute Gasteiger partial charge is 0.497 e. The Balaban J connectivity index is 2.36. The zero-order valence-electron chi connectivity index (χ0n) is 20.0. The van der Waals surface area contributed by atoms with Crippen LogP contribution >= 0.6 is 11.6 Å². The van der Waals surface area contributed by atoms with Crippen molar-refractivity contribution in [1.29, 1.82) is 0 Å². The Labute approximate surface area is 206 Å². The highest BCUT2D eigenvalue weighted by Crippen LogP contribution is 2.23. The molecule has 0 spiro atoms. The van der Waals surface area contributed by atoms with Crippen LogP contribution in [0, 0.1) is 0 Å². The number of benzene rings is 2. The Morgan fingerprint density at radius 3 is 2.47 bits per heavy atom. The van der Waals surface area contributed by atoms with Gasteiger partial charge >= 0.3 is 0 Å². The van der Waals surface area contributed by atoms with Gasteiger partial charge in [-0.1, -0.05) is 43.1 Å². The molecule has 0 fully saturated rings. The second-order valence-electron chi connectivity index (χ2n) is 7.94. The third-order valence-corrected chi connectivity index (χ3v) is 6.63. The van der Waals surface area contributed by atoms with E-state index in [1.54, 1.807) is 50.4 Å². The lowest BCUT2D eigenvalue weighted by molar-refractivity contribution is -0.139. The third kappa shape index (κ3) is 7.92. The number of anilines is 1. The van der Waals surface area contributed by atoms with Crippen molar-refractivity contribution in [2.75, 3.05) is 30.8 Å². The SMILES string of the molecule is CCCCNC(=O)[C@@H](C)N(Cc1cccc(OC)c1)C(=O)CN(c1cccc(Cl)c1)S(C)(=O)=O. The molecule has 2 rings (SSSR count). The molecular weight excluding hydrogens is 478 g/mol. The number of halogens is 1. The van der Waals surface area contributed by atoms with Gasteiger partial charge < -0.3 is 15.0 Å². The summed E-state index contributed by atoms with van der Waals surface area (Å²) in [7, 11) is -2.26. The Morgan fingerprint density at radius 1 is 1.15 bits per heavy atom. The molecule has 1 N–H and O–H groups in total. The van der Waals surface area contributed by atoms with Crippen LogP contribution in [0.2, 0.25) is 5.02 Å². The van der Waals surface area contributed by atoms with Crippen LogP contribution in [0.3, 0.4) is 0 Å². The minimum Gasteiger partial charge on any atom is -0.497 e. The zero-order chi connectivity index (χ0) is 25.3. The molecule has 0 aliphatic rings. The number of nitrogens with one attached hydrogen (secondary N) is 1. The van der Waals surface area contributed by atoms with Crippen LogP contribution < -0.4 is 14.4 Å². The lowest BCUT2D eigenvalue weighted by atomic mass is 10.1. The fraction of sp³-hybridized carbons (Fsp3) is 0.417.